The van der Waals surface area contributed by atoms with Gasteiger partial charge in [0.1, 0.15) is 15.8 Å². The predicted octanol–water partition coefficient (Wildman–Crippen LogP) is 4.49. The fourth-order valence-electron chi connectivity index (χ4n) is 7.27. The summed E-state index contributed by atoms with van der Waals surface area (Å²) in [7, 11) is 0. The van der Waals surface area contributed by atoms with Gasteiger partial charge < -0.3 is 10.1 Å². The Balaban J connectivity index is 1.33. The number of alkyl halides is 2. The molecule has 2 bridgehead atoms. The summed E-state index contributed by atoms with van der Waals surface area (Å²) in [6, 6.07) is 23.4. The molecule has 6 nitrogen and oxygen atoms in total. The number of benzene rings is 3. The average Bonchev–Trinajstić information content (AvgIpc) is 3.60. The number of likely N-dealkylation sites (tertiary alicyclic amines) is 1. The van der Waals surface area contributed by atoms with Crippen LogP contribution in [0.15, 0.2) is 78.9 Å². The molecular weight excluding hydrogens is 547 g/mol. The number of nitrogens with zero attached hydrogens (tertiary/aromatic N) is 1. The number of carbonyl (C=O) groups excluding carboxylic acids is 3. The fourth-order valence-corrected chi connectivity index (χ4v) is 8.37. The first-order valence-corrected chi connectivity index (χ1v) is 14.5. The molecule has 8 heteroatoms. The topological polar surface area (TPSA) is 75.7 Å². The summed E-state index contributed by atoms with van der Waals surface area (Å²) in [4.78, 5) is 41.3. The molecule has 3 aliphatic carbocycles. The monoisotopic (exact) mass is 574 g/mol. The number of carbonyl (C=O) groups is 3. The van der Waals surface area contributed by atoms with Crippen LogP contribution in [0, 0.1) is 11.8 Å². The summed E-state index contributed by atoms with van der Waals surface area (Å²) in [5, 5.41) is 2.96. The van der Waals surface area contributed by atoms with E-state index in [1.54, 1.807) is 0 Å². The molecule has 0 radical (unpaired) electrons. The van der Waals surface area contributed by atoms with Crippen LogP contribution in [0.2, 0.25) is 0 Å². The van der Waals surface area contributed by atoms with Gasteiger partial charge in [-0.25, -0.2) is 0 Å². The van der Waals surface area contributed by atoms with E-state index in [0.29, 0.717) is 13.2 Å². The zero-order valence-electron chi connectivity index (χ0n) is 21.7. The molecule has 2 fully saturated rings. The highest BCUT2D eigenvalue weighted by molar-refractivity contribution is 6.36. The van der Waals surface area contributed by atoms with E-state index in [0.717, 1.165) is 45.6 Å². The van der Waals surface area contributed by atoms with Crippen LogP contribution in [0.25, 0.3) is 0 Å². The van der Waals surface area contributed by atoms with Crippen molar-refractivity contribution in [3.8, 4) is 0 Å². The van der Waals surface area contributed by atoms with E-state index < -0.39 is 45.3 Å². The van der Waals surface area contributed by atoms with E-state index in [9.17, 15) is 14.4 Å². The van der Waals surface area contributed by atoms with Crippen molar-refractivity contribution in [1.82, 2.24) is 10.2 Å². The lowest BCUT2D eigenvalue weighted by Gasteiger charge is -2.54. The Morgan fingerprint density at radius 3 is 1.82 bits per heavy atom. The number of hydrogen-bond acceptors (Lipinski definition) is 4. The molecule has 0 saturated carbocycles. The molecule has 2 aliphatic heterocycles. The smallest absolute Gasteiger partial charge is 0.243 e. The Kier molecular flexibility index (Phi) is 6.08. The van der Waals surface area contributed by atoms with Crippen molar-refractivity contribution in [2.45, 2.75) is 41.2 Å². The first-order chi connectivity index (χ1) is 19.4. The number of amides is 3. The number of rotatable bonds is 6. The Morgan fingerprint density at radius 1 is 0.850 bits per heavy atom. The van der Waals surface area contributed by atoms with Gasteiger partial charge in [0.2, 0.25) is 17.7 Å². The van der Waals surface area contributed by atoms with Crippen molar-refractivity contribution in [3.63, 3.8) is 0 Å². The molecule has 3 aromatic carbocycles. The summed E-state index contributed by atoms with van der Waals surface area (Å²) >= 11 is 15.1. The minimum absolute atomic E-state index is 0.0778. The van der Waals surface area contributed by atoms with Crippen LogP contribution in [0.5, 0.6) is 0 Å². The first-order valence-electron chi connectivity index (χ1n) is 13.7. The van der Waals surface area contributed by atoms with E-state index in [4.69, 9.17) is 27.9 Å². The van der Waals surface area contributed by atoms with Gasteiger partial charge in [0.05, 0.1) is 17.9 Å². The molecule has 2 saturated heterocycles. The third-order valence-electron chi connectivity index (χ3n) is 9.03. The maximum atomic E-state index is 14.5. The van der Waals surface area contributed by atoms with Gasteiger partial charge in [-0.2, -0.15) is 0 Å². The standard InChI is InChI=1S/C32H28Cl2N2O4/c33-31-21-12-4-5-13-22(21)32(34,24-15-7-6-14-23(24)31)27-26(31)29(38)36(30(27)39)25(17-19-9-2-1-3-10-19)28(37)35-18-20-11-8-16-40-20/h1-7,9-10,12-15,20,25-27H,8,11,16-18H2,(H,35,37)/t20-,25-,26+,27+,31?,32?/m0/s1. The van der Waals surface area contributed by atoms with Crippen LogP contribution in [-0.2, 0) is 35.3 Å². The van der Waals surface area contributed by atoms with Crippen molar-refractivity contribution in [1.29, 1.82) is 0 Å². The van der Waals surface area contributed by atoms with Crippen molar-refractivity contribution >= 4 is 40.9 Å². The molecular formula is C32H28Cl2N2O4. The Labute approximate surface area is 242 Å². The normalized spacial score (nSPS) is 30.6. The van der Waals surface area contributed by atoms with Crippen molar-refractivity contribution in [3.05, 3.63) is 107 Å². The van der Waals surface area contributed by atoms with Gasteiger partial charge in [-0.3, -0.25) is 19.3 Å². The second-order valence-electron chi connectivity index (χ2n) is 11.1. The summed E-state index contributed by atoms with van der Waals surface area (Å²) in [5.74, 6) is -3.23. The van der Waals surface area contributed by atoms with Gasteiger partial charge in [-0.05, 0) is 40.7 Å². The van der Waals surface area contributed by atoms with Gasteiger partial charge in [0.15, 0.2) is 0 Å². The van der Waals surface area contributed by atoms with Crippen LogP contribution in [-0.4, -0.2) is 47.9 Å². The quantitative estimate of drug-likeness (QED) is 0.348. The van der Waals surface area contributed by atoms with Gasteiger partial charge in [-0.15, -0.1) is 23.2 Å². The van der Waals surface area contributed by atoms with Crippen LogP contribution < -0.4 is 5.32 Å². The second-order valence-corrected chi connectivity index (χ2v) is 12.3. The van der Waals surface area contributed by atoms with E-state index in [-0.39, 0.29) is 12.5 Å². The third-order valence-corrected chi connectivity index (χ3v) is 10.3. The molecule has 8 rings (SSSR count). The molecule has 5 aliphatic rings. The Hall–Kier alpha value is -3.19. The van der Waals surface area contributed by atoms with E-state index in [1.807, 2.05) is 78.9 Å². The number of hydrogen-bond donors (Lipinski definition) is 1. The van der Waals surface area contributed by atoms with Gasteiger partial charge in [0.25, 0.3) is 0 Å². The molecule has 1 N–H and O–H groups in total. The van der Waals surface area contributed by atoms with Gasteiger partial charge >= 0.3 is 0 Å². The minimum Gasteiger partial charge on any atom is -0.376 e. The lowest BCUT2D eigenvalue weighted by Crippen LogP contribution is -2.57. The fraction of sp³-hybridized carbons (Fsp3) is 0.344. The maximum Gasteiger partial charge on any atom is 0.243 e. The van der Waals surface area contributed by atoms with Crippen LogP contribution in [0.3, 0.4) is 0 Å². The summed E-state index contributed by atoms with van der Waals surface area (Å²) in [5.41, 5.74) is 3.77. The van der Waals surface area contributed by atoms with E-state index in [1.165, 1.54) is 0 Å². The van der Waals surface area contributed by atoms with Crippen LogP contribution in [0.4, 0.5) is 0 Å². The lowest BCUT2D eigenvalue weighted by atomic mass is 9.54. The molecule has 40 heavy (non-hydrogen) atoms. The Bertz CT molecular complexity index is 1400. The highest BCUT2D eigenvalue weighted by atomic mass is 35.5. The summed E-state index contributed by atoms with van der Waals surface area (Å²) in [6.45, 7) is 0.986. The number of imide groups is 1. The number of halogens is 2. The predicted molar refractivity (Wildman–Crippen MR) is 151 cm³/mol. The van der Waals surface area contributed by atoms with Crippen molar-refractivity contribution in [2.24, 2.45) is 11.8 Å². The molecule has 3 aromatic rings. The highest BCUT2D eigenvalue weighted by Gasteiger charge is 2.73. The second kappa shape index (κ2) is 9.44. The van der Waals surface area contributed by atoms with Crippen molar-refractivity contribution in [2.75, 3.05) is 13.2 Å². The molecule has 0 spiro atoms. The molecule has 204 valence electrons. The molecule has 4 atom stereocenters. The maximum absolute atomic E-state index is 14.5. The molecule has 0 aromatic heterocycles. The van der Waals surface area contributed by atoms with Gasteiger partial charge in [-0.1, -0.05) is 78.9 Å². The number of nitrogens with one attached hydrogen (secondary N) is 1. The molecule has 0 unspecified atom stereocenters. The molecule has 3 amide bonds. The van der Waals surface area contributed by atoms with Gasteiger partial charge in [0, 0.05) is 19.6 Å². The number of ether oxygens (including phenoxy) is 1. The minimum atomic E-state index is -1.29. The summed E-state index contributed by atoms with van der Waals surface area (Å²) < 4.78 is 5.68. The highest BCUT2D eigenvalue weighted by Crippen LogP contribution is 2.69. The van der Waals surface area contributed by atoms with Crippen LogP contribution >= 0.6 is 23.2 Å². The zero-order valence-corrected chi connectivity index (χ0v) is 23.2. The van der Waals surface area contributed by atoms with Crippen molar-refractivity contribution < 1.29 is 19.1 Å². The SMILES string of the molecule is O=C(NC[C@@H]1CCCO1)[C@H](Cc1ccccc1)N1C(=O)[C@H]2[C@H](C1=O)C1(Cl)c3ccccc3C2(Cl)c2ccccc21. The van der Waals surface area contributed by atoms with E-state index in [2.05, 4.69) is 5.32 Å². The molecule has 2 heterocycles. The Morgan fingerprint density at radius 2 is 1.35 bits per heavy atom. The van der Waals surface area contributed by atoms with Crippen LogP contribution in [0.1, 0.15) is 40.7 Å². The van der Waals surface area contributed by atoms with E-state index >= 15 is 0 Å². The zero-order chi connectivity index (χ0) is 27.6. The third kappa shape index (κ3) is 3.49. The first kappa shape index (κ1) is 25.8. The largest absolute Gasteiger partial charge is 0.376 e. The lowest BCUT2D eigenvalue weighted by molar-refractivity contribution is -0.148. The summed E-state index contributed by atoms with van der Waals surface area (Å²) in [6.07, 6.45) is 1.90. The average molecular weight is 575 g/mol.